The molecule has 1 atom stereocenters. The van der Waals surface area contributed by atoms with Gasteiger partial charge in [0.1, 0.15) is 5.82 Å². The summed E-state index contributed by atoms with van der Waals surface area (Å²) in [4.78, 5) is 4.55. The molecule has 0 saturated carbocycles. The molecule has 0 amide bonds. The highest BCUT2D eigenvalue weighted by atomic mass is 15.0. The third-order valence-electron chi connectivity index (χ3n) is 2.61. The molecule has 2 nitrogen and oxygen atoms in total. The minimum Gasteiger partial charge on any atom is -0.368 e. The Morgan fingerprint density at radius 1 is 1.20 bits per heavy atom. The summed E-state index contributed by atoms with van der Waals surface area (Å²) in [6.07, 6.45) is 1.11. The molecule has 0 radical (unpaired) electrons. The third-order valence-corrected chi connectivity index (χ3v) is 2.61. The van der Waals surface area contributed by atoms with Crippen LogP contribution in [-0.2, 0) is 0 Å². The number of fused-ring (bicyclic) bond motifs is 1. The van der Waals surface area contributed by atoms with Gasteiger partial charge < -0.3 is 5.32 Å². The Morgan fingerprint density at radius 3 is 2.80 bits per heavy atom. The smallest absolute Gasteiger partial charge is 0.126 e. The van der Waals surface area contributed by atoms with E-state index >= 15 is 0 Å². The van der Waals surface area contributed by atoms with Gasteiger partial charge in [0.2, 0.25) is 0 Å². The first kappa shape index (κ1) is 9.97. The van der Waals surface area contributed by atoms with Gasteiger partial charge in [-0.3, -0.25) is 0 Å². The van der Waals surface area contributed by atoms with Crippen LogP contribution in [0.15, 0.2) is 36.4 Å². The van der Waals surface area contributed by atoms with Crippen molar-refractivity contribution in [2.45, 2.75) is 26.3 Å². The second-order valence-corrected chi connectivity index (χ2v) is 3.84. The number of rotatable bonds is 3. The van der Waals surface area contributed by atoms with Crippen LogP contribution >= 0.6 is 0 Å². The summed E-state index contributed by atoms with van der Waals surface area (Å²) in [7, 11) is 0. The van der Waals surface area contributed by atoms with Crippen LogP contribution in [0.3, 0.4) is 0 Å². The number of nitrogens with one attached hydrogen (secondary N) is 1. The van der Waals surface area contributed by atoms with E-state index in [4.69, 9.17) is 0 Å². The summed E-state index contributed by atoms with van der Waals surface area (Å²) >= 11 is 0. The van der Waals surface area contributed by atoms with Crippen molar-refractivity contribution in [3.8, 4) is 0 Å². The van der Waals surface area contributed by atoms with E-state index in [1.165, 1.54) is 5.39 Å². The zero-order valence-corrected chi connectivity index (χ0v) is 9.20. The number of hydrogen-bond donors (Lipinski definition) is 1. The molecule has 0 aliphatic carbocycles. The maximum Gasteiger partial charge on any atom is 0.126 e. The maximum absolute atomic E-state index is 4.55. The fourth-order valence-corrected chi connectivity index (χ4v) is 1.50. The van der Waals surface area contributed by atoms with Crippen LogP contribution in [0.1, 0.15) is 20.3 Å². The van der Waals surface area contributed by atoms with Crippen molar-refractivity contribution in [2.75, 3.05) is 5.32 Å². The standard InChI is InChI=1S/C13H16N2/c1-3-10(2)14-13-9-8-11-6-4-5-7-12(11)15-13/h4-10H,3H2,1-2H3,(H,14,15). The van der Waals surface area contributed by atoms with Gasteiger partial charge in [0.15, 0.2) is 0 Å². The number of anilines is 1. The summed E-state index contributed by atoms with van der Waals surface area (Å²) in [6.45, 7) is 4.33. The number of para-hydroxylation sites is 1. The van der Waals surface area contributed by atoms with Crippen LogP contribution < -0.4 is 5.32 Å². The zero-order valence-electron chi connectivity index (χ0n) is 9.20. The molecule has 0 bridgehead atoms. The highest BCUT2D eigenvalue weighted by Gasteiger charge is 2.00. The van der Waals surface area contributed by atoms with Gasteiger partial charge in [-0.2, -0.15) is 0 Å². The Bertz CT molecular complexity index is 451. The summed E-state index contributed by atoms with van der Waals surface area (Å²) in [5.41, 5.74) is 1.05. The molecule has 1 N–H and O–H groups in total. The first-order chi connectivity index (χ1) is 7.29. The fraction of sp³-hybridized carbons (Fsp3) is 0.308. The van der Waals surface area contributed by atoms with Gasteiger partial charge >= 0.3 is 0 Å². The van der Waals surface area contributed by atoms with Gasteiger partial charge in [0.25, 0.3) is 0 Å². The van der Waals surface area contributed by atoms with Crippen molar-refractivity contribution in [3.05, 3.63) is 36.4 Å². The SMILES string of the molecule is CCC(C)Nc1ccc2ccccc2n1. The van der Waals surface area contributed by atoms with Gasteiger partial charge in [0, 0.05) is 11.4 Å². The van der Waals surface area contributed by atoms with Crippen LogP contribution in [0.2, 0.25) is 0 Å². The topological polar surface area (TPSA) is 24.9 Å². The molecule has 0 aliphatic heterocycles. The summed E-state index contributed by atoms with van der Waals surface area (Å²) < 4.78 is 0. The van der Waals surface area contributed by atoms with Crippen molar-refractivity contribution in [1.82, 2.24) is 4.98 Å². The first-order valence-electron chi connectivity index (χ1n) is 5.42. The van der Waals surface area contributed by atoms with Crippen LogP contribution in [-0.4, -0.2) is 11.0 Å². The monoisotopic (exact) mass is 200 g/mol. The lowest BCUT2D eigenvalue weighted by Crippen LogP contribution is -2.14. The third kappa shape index (κ3) is 2.27. The normalized spacial score (nSPS) is 12.7. The van der Waals surface area contributed by atoms with E-state index < -0.39 is 0 Å². The lowest BCUT2D eigenvalue weighted by molar-refractivity contribution is 0.760. The highest BCUT2D eigenvalue weighted by Crippen LogP contribution is 2.15. The average Bonchev–Trinajstić information content (AvgIpc) is 2.29. The second-order valence-electron chi connectivity index (χ2n) is 3.84. The molecule has 0 fully saturated rings. The Kier molecular flexibility index (Phi) is 2.86. The average molecular weight is 200 g/mol. The molecule has 0 spiro atoms. The van der Waals surface area contributed by atoms with Gasteiger partial charge in [-0.1, -0.05) is 25.1 Å². The van der Waals surface area contributed by atoms with Crippen molar-refractivity contribution < 1.29 is 0 Å². The molecule has 1 unspecified atom stereocenters. The van der Waals surface area contributed by atoms with Gasteiger partial charge in [0.05, 0.1) is 5.52 Å². The number of nitrogens with zero attached hydrogens (tertiary/aromatic N) is 1. The van der Waals surface area contributed by atoms with Crippen LogP contribution in [0.5, 0.6) is 0 Å². The van der Waals surface area contributed by atoms with E-state index in [1.807, 2.05) is 24.3 Å². The predicted molar refractivity (Wildman–Crippen MR) is 65.1 cm³/mol. The zero-order chi connectivity index (χ0) is 10.7. The minimum absolute atomic E-state index is 0.471. The second kappa shape index (κ2) is 4.30. The van der Waals surface area contributed by atoms with Crippen molar-refractivity contribution in [3.63, 3.8) is 0 Å². The molecule has 1 aromatic heterocycles. The summed E-state index contributed by atoms with van der Waals surface area (Å²) in [5, 5.41) is 4.56. The maximum atomic E-state index is 4.55. The summed E-state index contributed by atoms with van der Waals surface area (Å²) in [6, 6.07) is 12.8. The number of benzene rings is 1. The number of aromatic nitrogens is 1. The van der Waals surface area contributed by atoms with Gasteiger partial charge in [-0.15, -0.1) is 0 Å². The molecule has 2 aromatic rings. The Labute approximate surface area is 90.3 Å². The molecule has 2 rings (SSSR count). The van der Waals surface area contributed by atoms with E-state index in [-0.39, 0.29) is 0 Å². The molecule has 0 aliphatic rings. The molecule has 78 valence electrons. The number of pyridine rings is 1. The Balaban J connectivity index is 2.30. The summed E-state index contributed by atoms with van der Waals surface area (Å²) in [5.74, 6) is 0.961. The molecule has 0 saturated heterocycles. The van der Waals surface area contributed by atoms with Crippen LogP contribution in [0.25, 0.3) is 10.9 Å². The molecule has 2 heteroatoms. The van der Waals surface area contributed by atoms with Crippen LogP contribution in [0.4, 0.5) is 5.82 Å². The van der Waals surface area contributed by atoms with Crippen LogP contribution in [0, 0.1) is 0 Å². The quantitative estimate of drug-likeness (QED) is 0.820. The van der Waals surface area contributed by atoms with Crippen molar-refractivity contribution >= 4 is 16.7 Å². The van der Waals surface area contributed by atoms with Crippen molar-refractivity contribution in [1.29, 1.82) is 0 Å². The molecule has 1 heterocycles. The lowest BCUT2D eigenvalue weighted by Gasteiger charge is -2.12. The van der Waals surface area contributed by atoms with E-state index in [0.717, 1.165) is 17.8 Å². The Morgan fingerprint density at radius 2 is 2.00 bits per heavy atom. The molecular weight excluding hydrogens is 184 g/mol. The van der Waals surface area contributed by atoms with E-state index in [0.29, 0.717) is 6.04 Å². The molecule has 1 aromatic carbocycles. The number of hydrogen-bond acceptors (Lipinski definition) is 2. The first-order valence-corrected chi connectivity index (χ1v) is 5.42. The van der Waals surface area contributed by atoms with Gasteiger partial charge in [-0.05, 0) is 31.5 Å². The Hall–Kier alpha value is -1.57. The van der Waals surface area contributed by atoms with E-state index in [9.17, 15) is 0 Å². The van der Waals surface area contributed by atoms with E-state index in [1.54, 1.807) is 0 Å². The van der Waals surface area contributed by atoms with Gasteiger partial charge in [-0.25, -0.2) is 4.98 Å². The van der Waals surface area contributed by atoms with Crippen molar-refractivity contribution in [2.24, 2.45) is 0 Å². The minimum atomic E-state index is 0.471. The molecular formula is C13H16N2. The fourth-order valence-electron chi connectivity index (χ4n) is 1.50. The lowest BCUT2D eigenvalue weighted by atomic mass is 10.2. The largest absolute Gasteiger partial charge is 0.368 e. The highest BCUT2D eigenvalue weighted by molar-refractivity contribution is 5.80. The molecule has 15 heavy (non-hydrogen) atoms. The predicted octanol–water partition coefficient (Wildman–Crippen LogP) is 3.45. The van der Waals surface area contributed by atoms with E-state index in [2.05, 4.69) is 36.3 Å².